The lowest BCUT2D eigenvalue weighted by Crippen LogP contribution is -3.00. The second-order valence-corrected chi connectivity index (χ2v) is 10.6. The van der Waals surface area contributed by atoms with E-state index in [1.807, 2.05) is 66.7 Å². The molecule has 3 fully saturated rings. The highest BCUT2D eigenvalue weighted by atomic mass is 79.9. The van der Waals surface area contributed by atoms with Crippen LogP contribution in [0.1, 0.15) is 41.0 Å². The average Bonchev–Trinajstić information content (AvgIpc) is 3.42. The number of halogens is 2. The van der Waals surface area contributed by atoms with Crippen LogP contribution in [0.3, 0.4) is 0 Å². The Morgan fingerprint density at radius 2 is 1.53 bits per heavy atom. The molecule has 2 bridgehead atoms. The van der Waals surface area contributed by atoms with Gasteiger partial charge in [0, 0.05) is 24.8 Å². The molecule has 0 amide bonds. The zero-order valence-electron chi connectivity index (χ0n) is 21.2. The molecular formula is C31H32BrFN2O3. The van der Waals surface area contributed by atoms with Crippen molar-refractivity contribution in [1.29, 1.82) is 0 Å². The summed E-state index contributed by atoms with van der Waals surface area (Å²) in [4.78, 5) is 0. The van der Waals surface area contributed by atoms with Crippen LogP contribution in [0.15, 0.2) is 95.5 Å². The zero-order chi connectivity index (χ0) is 25.3. The number of quaternary nitrogens is 1. The minimum absolute atomic E-state index is 0. The molecule has 3 aromatic carbocycles. The minimum atomic E-state index is -1.40. The summed E-state index contributed by atoms with van der Waals surface area (Å²) in [7, 11) is 0. The third-order valence-corrected chi connectivity index (χ3v) is 8.22. The van der Waals surface area contributed by atoms with E-state index in [4.69, 9.17) is 9.26 Å². The summed E-state index contributed by atoms with van der Waals surface area (Å²) in [5, 5.41) is 16.4. The number of ether oxygens (including phenoxy) is 1. The van der Waals surface area contributed by atoms with Crippen molar-refractivity contribution in [1.82, 2.24) is 5.16 Å². The van der Waals surface area contributed by atoms with E-state index in [-0.39, 0.29) is 28.9 Å². The molecular weight excluding hydrogens is 547 g/mol. The highest BCUT2D eigenvalue weighted by molar-refractivity contribution is 5.44. The summed E-state index contributed by atoms with van der Waals surface area (Å²) in [6.07, 6.45) is 2.40. The van der Waals surface area contributed by atoms with Crippen LogP contribution < -0.4 is 17.0 Å². The lowest BCUT2D eigenvalue weighted by molar-refractivity contribution is -0.959. The van der Waals surface area contributed by atoms with E-state index in [1.54, 1.807) is 12.1 Å². The van der Waals surface area contributed by atoms with Gasteiger partial charge in [-0.1, -0.05) is 78.0 Å². The maximum atomic E-state index is 13.3. The van der Waals surface area contributed by atoms with Crippen molar-refractivity contribution in [2.75, 3.05) is 19.6 Å². The molecule has 0 aliphatic carbocycles. The van der Waals surface area contributed by atoms with Gasteiger partial charge in [0.1, 0.15) is 30.7 Å². The molecule has 4 heterocycles. The van der Waals surface area contributed by atoms with Crippen LogP contribution in [0, 0.1) is 11.7 Å². The van der Waals surface area contributed by atoms with E-state index in [1.165, 1.54) is 12.1 Å². The van der Waals surface area contributed by atoms with Crippen LogP contribution >= 0.6 is 0 Å². The number of hydrogen-bond donors (Lipinski definition) is 1. The van der Waals surface area contributed by atoms with E-state index in [0.29, 0.717) is 18.2 Å². The fraction of sp³-hybridized carbons (Fsp3) is 0.323. The Labute approximate surface area is 233 Å². The predicted molar refractivity (Wildman–Crippen MR) is 138 cm³/mol. The second kappa shape index (κ2) is 11.1. The molecule has 0 spiro atoms. The Balaban J connectivity index is 0.00000294. The first-order valence-corrected chi connectivity index (χ1v) is 13.0. The van der Waals surface area contributed by atoms with Gasteiger partial charge in [-0.15, -0.1) is 0 Å². The number of rotatable bonds is 8. The Morgan fingerprint density at radius 3 is 2.13 bits per heavy atom. The topological polar surface area (TPSA) is 55.5 Å². The summed E-state index contributed by atoms with van der Waals surface area (Å²) >= 11 is 0. The van der Waals surface area contributed by atoms with E-state index < -0.39 is 5.60 Å². The van der Waals surface area contributed by atoms with E-state index in [0.717, 1.165) is 66.0 Å². The standard InChI is InChI=1S/C31H32FN2O3.BrH/c32-27-13-11-23(12-14-27)22-36-29-21-34(17-15-24(29)16-18-34)20-28-19-30(33-37-28)31(35,25-7-3-1-4-8-25)26-9-5-2-6-10-26;/h1-14,19,24,29,35H,15-18,20-22H2;1H/q+1;/p-1/t24?,29-,34?;/m0./s1. The molecule has 7 heteroatoms. The first-order chi connectivity index (χ1) is 18.0. The summed E-state index contributed by atoms with van der Waals surface area (Å²) < 4.78 is 26.4. The molecule has 0 radical (unpaired) electrons. The molecule has 5 nitrogen and oxygen atoms in total. The van der Waals surface area contributed by atoms with Crippen LogP contribution in [-0.4, -0.2) is 40.5 Å². The molecule has 3 saturated heterocycles. The molecule has 3 aliphatic heterocycles. The van der Waals surface area contributed by atoms with E-state index in [9.17, 15) is 9.50 Å². The Morgan fingerprint density at radius 1 is 0.921 bits per heavy atom. The Bertz CT molecular complexity index is 1280. The molecule has 38 heavy (non-hydrogen) atoms. The van der Waals surface area contributed by atoms with Crippen molar-refractivity contribution < 1.29 is 40.2 Å². The number of piperidine rings is 3. The van der Waals surface area contributed by atoms with Crippen molar-refractivity contribution in [3.8, 4) is 0 Å². The first kappa shape index (κ1) is 26.8. The maximum absolute atomic E-state index is 13.3. The van der Waals surface area contributed by atoms with Gasteiger partial charge in [-0.3, -0.25) is 0 Å². The third kappa shape index (κ3) is 5.21. The Kier molecular flexibility index (Phi) is 7.82. The van der Waals surface area contributed by atoms with Gasteiger partial charge in [0.15, 0.2) is 11.4 Å². The van der Waals surface area contributed by atoms with Gasteiger partial charge in [-0.25, -0.2) is 4.39 Å². The van der Waals surface area contributed by atoms with Crippen molar-refractivity contribution >= 4 is 0 Å². The summed E-state index contributed by atoms with van der Waals surface area (Å²) in [5.74, 6) is 1.11. The fourth-order valence-corrected chi connectivity index (χ4v) is 6.13. The zero-order valence-corrected chi connectivity index (χ0v) is 22.8. The smallest absolute Gasteiger partial charge is 0.191 e. The van der Waals surface area contributed by atoms with E-state index >= 15 is 0 Å². The van der Waals surface area contributed by atoms with Crippen LogP contribution in [0.25, 0.3) is 0 Å². The normalized spacial score (nSPS) is 22.7. The molecule has 1 N–H and O–H groups in total. The summed E-state index contributed by atoms with van der Waals surface area (Å²) in [5.41, 5.74) is 1.58. The number of benzene rings is 3. The molecule has 198 valence electrons. The molecule has 0 unspecified atom stereocenters. The molecule has 0 saturated carbocycles. The Hall–Kier alpha value is -2.84. The van der Waals surface area contributed by atoms with Gasteiger partial charge in [-0.05, 0) is 28.8 Å². The summed E-state index contributed by atoms with van der Waals surface area (Å²) in [6, 6.07) is 27.7. The molecule has 3 aliphatic rings. The largest absolute Gasteiger partial charge is 1.00 e. The highest BCUT2D eigenvalue weighted by Crippen LogP contribution is 2.39. The van der Waals surface area contributed by atoms with Crippen LogP contribution in [-0.2, 0) is 23.5 Å². The fourth-order valence-electron chi connectivity index (χ4n) is 6.13. The first-order valence-electron chi connectivity index (χ1n) is 13.0. The molecule has 7 rings (SSSR count). The third-order valence-electron chi connectivity index (χ3n) is 8.22. The lowest BCUT2D eigenvalue weighted by atomic mass is 9.82. The van der Waals surface area contributed by atoms with E-state index in [2.05, 4.69) is 5.16 Å². The number of nitrogens with zero attached hydrogens (tertiary/aromatic N) is 2. The maximum Gasteiger partial charge on any atom is 0.191 e. The van der Waals surface area contributed by atoms with Gasteiger partial charge in [0.05, 0.1) is 19.7 Å². The lowest BCUT2D eigenvalue weighted by Gasteiger charge is -2.51. The molecule has 4 aromatic rings. The second-order valence-electron chi connectivity index (χ2n) is 10.6. The van der Waals surface area contributed by atoms with Gasteiger partial charge in [0.2, 0.25) is 0 Å². The minimum Gasteiger partial charge on any atom is -1.00 e. The number of fused-ring (bicyclic) bond motifs is 3. The average molecular weight is 580 g/mol. The van der Waals surface area contributed by atoms with Gasteiger partial charge >= 0.3 is 0 Å². The van der Waals surface area contributed by atoms with Gasteiger partial charge in [-0.2, -0.15) is 0 Å². The summed E-state index contributed by atoms with van der Waals surface area (Å²) in [6.45, 7) is 4.30. The van der Waals surface area contributed by atoms with Crippen LogP contribution in [0.2, 0.25) is 0 Å². The van der Waals surface area contributed by atoms with Crippen molar-refractivity contribution in [2.24, 2.45) is 5.92 Å². The molecule has 1 atom stereocenters. The van der Waals surface area contributed by atoms with Crippen LogP contribution in [0.5, 0.6) is 0 Å². The van der Waals surface area contributed by atoms with Gasteiger partial charge in [0.25, 0.3) is 0 Å². The molecule has 1 aromatic heterocycles. The quantitative estimate of drug-likeness (QED) is 0.326. The van der Waals surface area contributed by atoms with Crippen LogP contribution in [0.4, 0.5) is 4.39 Å². The number of aromatic nitrogens is 1. The predicted octanol–water partition coefficient (Wildman–Crippen LogP) is 2.43. The van der Waals surface area contributed by atoms with Gasteiger partial charge < -0.3 is 35.8 Å². The van der Waals surface area contributed by atoms with Crippen molar-refractivity contribution in [2.45, 2.75) is 37.7 Å². The van der Waals surface area contributed by atoms with Crippen molar-refractivity contribution in [3.63, 3.8) is 0 Å². The number of hydrogen-bond acceptors (Lipinski definition) is 4. The SMILES string of the molecule is OC(c1ccccc1)(c1ccccc1)c1cc(C[N+]23CCC(CC2)[C@@H](OCc2ccc(F)cc2)C3)on1.[Br-]. The number of aliphatic hydroxyl groups is 1. The highest BCUT2D eigenvalue weighted by Gasteiger charge is 2.47. The monoisotopic (exact) mass is 578 g/mol. The van der Waals surface area contributed by atoms with Crippen molar-refractivity contribution in [3.05, 3.63) is 125 Å².